The predicted molar refractivity (Wildman–Crippen MR) is 88.5 cm³/mol. The normalized spacial score (nSPS) is 17.3. The van der Waals surface area contributed by atoms with Crippen molar-refractivity contribution in [1.82, 2.24) is 30.1 Å². The van der Waals surface area contributed by atoms with Gasteiger partial charge in [0.25, 0.3) is 5.91 Å². The van der Waals surface area contributed by atoms with Gasteiger partial charge in [-0.15, -0.1) is 16.4 Å². The number of aromatic nitrogens is 5. The molecule has 1 unspecified atom stereocenters. The summed E-state index contributed by atoms with van der Waals surface area (Å²) >= 11 is 1.61. The lowest BCUT2D eigenvalue weighted by Crippen LogP contribution is -2.30. The number of carbonyl (C=O) groups is 1. The van der Waals surface area contributed by atoms with Crippen LogP contribution in [0, 0.1) is 0 Å². The van der Waals surface area contributed by atoms with Crippen molar-refractivity contribution in [2.45, 2.75) is 25.4 Å². The molecule has 1 amide bonds. The molecule has 1 atom stereocenters. The molecule has 3 heterocycles. The summed E-state index contributed by atoms with van der Waals surface area (Å²) in [4.78, 5) is 19.2. The molecule has 24 heavy (non-hydrogen) atoms. The molecule has 7 nitrogen and oxygen atoms in total. The van der Waals surface area contributed by atoms with E-state index < -0.39 is 0 Å². The summed E-state index contributed by atoms with van der Waals surface area (Å²) in [5.41, 5.74) is 1.76. The van der Waals surface area contributed by atoms with Crippen LogP contribution in [0.3, 0.4) is 0 Å². The molecule has 0 saturated carbocycles. The minimum atomic E-state index is 0.0710. The molecule has 0 spiro atoms. The Hall–Kier alpha value is -2.61. The average Bonchev–Trinajstić information content (AvgIpc) is 3.36. The van der Waals surface area contributed by atoms with E-state index in [1.54, 1.807) is 28.5 Å². The maximum absolute atomic E-state index is 12.8. The molecule has 0 N–H and O–H groups in total. The highest BCUT2D eigenvalue weighted by atomic mass is 32.1. The van der Waals surface area contributed by atoms with Gasteiger partial charge in [0.1, 0.15) is 11.3 Å². The van der Waals surface area contributed by atoms with Crippen molar-refractivity contribution in [3.63, 3.8) is 0 Å². The number of hydrogen-bond acceptors (Lipinski definition) is 6. The van der Waals surface area contributed by atoms with E-state index in [-0.39, 0.29) is 11.9 Å². The van der Waals surface area contributed by atoms with Gasteiger partial charge in [0.2, 0.25) is 0 Å². The third kappa shape index (κ3) is 2.92. The van der Waals surface area contributed by atoms with Crippen LogP contribution in [0.4, 0.5) is 0 Å². The Balaban J connectivity index is 1.49. The van der Waals surface area contributed by atoms with Gasteiger partial charge >= 0.3 is 0 Å². The average molecular weight is 340 g/mol. The zero-order valence-electron chi connectivity index (χ0n) is 12.9. The third-order valence-corrected chi connectivity index (χ3v) is 5.06. The maximum Gasteiger partial charge on any atom is 0.254 e. The van der Waals surface area contributed by atoms with E-state index in [1.807, 2.05) is 34.5 Å². The lowest BCUT2D eigenvalue weighted by molar-refractivity contribution is 0.0735. The molecule has 0 aliphatic carbocycles. The highest BCUT2D eigenvalue weighted by Crippen LogP contribution is 2.34. The summed E-state index contributed by atoms with van der Waals surface area (Å²) in [6.45, 7) is 1.38. The zero-order valence-corrected chi connectivity index (χ0v) is 13.8. The number of hydrogen-bond donors (Lipinski definition) is 0. The van der Waals surface area contributed by atoms with Gasteiger partial charge in [0.15, 0.2) is 0 Å². The molecule has 1 aromatic carbocycles. The Labute approximate surface area is 142 Å². The molecule has 0 radical (unpaired) electrons. The third-order valence-electron chi connectivity index (χ3n) is 4.19. The van der Waals surface area contributed by atoms with Gasteiger partial charge in [0, 0.05) is 23.7 Å². The van der Waals surface area contributed by atoms with Crippen molar-refractivity contribution in [2.75, 3.05) is 6.54 Å². The van der Waals surface area contributed by atoms with Gasteiger partial charge < -0.3 is 4.90 Å². The molecular weight excluding hydrogens is 324 g/mol. The monoisotopic (exact) mass is 340 g/mol. The van der Waals surface area contributed by atoms with E-state index in [0.29, 0.717) is 12.1 Å². The lowest BCUT2D eigenvalue weighted by Gasteiger charge is -2.23. The van der Waals surface area contributed by atoms with Crippen LogP contribution in [0.25, 0.3) is 0 Å². The number of carbonyl (C=O) groups excluding carboxylic acids is 1. The fourth-order valence-electron chi connectivity index (χ4n) is 3.02. The van der Waals surface area contributed by atoms with Crippen molar-refractivity contribution in [2.24, 2.45) is 0 Å². The molecule has 1 aliphatic rings. The second kappa shape index (κ2) is 6.48. The fourth-order valence-corrected chi connectivity index (χ4v) is 3.81. The first-order valence-corrected chi connectivity index (χ1v) is 8.69. The molecule has 8 heteroatoms. The lowest BCUT2D eigenvalue weighted by atomic mass is 10.1. The van der Waals surface area contributed by atoms with Crippen LogP contribution < -0.4 is 0 Å². The molecule has 2 aromatic heterocycles. The van der Waals surface area contributed by atoms with Crippen molar-refractivity contribution >= 4 is 17.2 Å². The van der Waals surface area contributed by atoms with Gasteiger partial charge in [-0.05, 0) is 41.0 Å². The van der Waals surface area contributed by atoms with E-state index in [2.05, 4.69) is 20.5 Å². The molecule has 0 bridgehead atoms. The first kappa shape index (κ1) is 14.9. The van der Waals surface area contributed by atoms with Crippen LogP contribution in [-0.4, -0.2) is 42.5 Å². The largest absolute Gasteiger partial charge is 0.329 e. The van der Waals surface area contributed by atoms with Gasteiger partial charge in [0.05, 0.1) is 12.6 Å². The second-order valence-electron chi connectivity index (χ2n) is 5.73. The van der Waals surface area contributed by atoms with Crippen LogP contribution >= 0.6 is 11.3 Å². The number of nitrogens with zero attached hydrogens (tertiary/aromatic N) is 6. The number of rotatable bonds is 4. The first-order chi connectivity index (χ1) is 11.8. The molecular formula is C16H16N6OS. The molecule has 1 fully saturated rings. The van der Waals surface area contributed by atoms with Crippen molar-refractivity contribution in [3.8, 4) is 0 Å². The van der Waals surface area contributed by atoms with Crippen molar-refractivity contribution < 1.29 is 4.79 Å². The molecule has 3 aromatic rings. The summed E-state index contributed by atoms with van der Waals surface area (Å²) < 4.78 is 1.65. The molecule has 122 valence electrons. The van der Waals surface area contributed by atoms with E-state index in [9.17, 15) is 4.79 Å². The number of thiazole rings is 1. The van der Waals surface area contributed by atoms with Crippen molar-refractivity contribution in [3.05, 3.63) is 58.3 Å². The minimum Gasteiger partial charge on any atom is -0.329 e. The van der Waals surface area contributed by atoms with Gasteiger partial charge in [-0.25, -0.2) is 9.67 Å². The predicted octanol–water partition coefficient (Wildman–Crippen LogP) is 2.16. The van der Waals surface area contributed by atoms with Gasteiger partial charge in [-0.3, -0.25) is 4.79 Å². The Kier molecular flexibility index (Phi) is 4.04. The minimum absolute atomic E-state index is 0.0710. The topological polar surface area (TPSA) is 76.8 Å². The summed E-state index contributed by atoms with van der Waals surface area (Å²) in [5, 5.41) is 14.1. The van der Waals surface area contributed by atoms with Crippen LogP contribution in [0.5, 0.6) is 0 Å². The smallest absolute Gasteiger partial charge is 0.254 e. The van der Waals surface area contributed by atoms with E-state index in [1.165, 1.54) is 0 Å². The molecule has 4 rings (SSSR count). The first-order valence-electron chi connectivity index (χ1n) is 7.81. The Morgan fingerprint density at radius 1 is 1.29 bits per heavy atom. The van der Waals surface area contributed by atoms with Gasteiger partial charge in [-0.2, -0.15) is 0 Å². The van der Waals surface area contributed by atoms with Crippen molar-refractivity contribution in [1.29, 1.82) is 0 Å². The van der Waals surface area contributed by atoms with Crippen LogP contribution in [0.15, 0.2) is 42.2 Å². The Morgan fingerprint density at radius 2 is 2.17 bits per heavy atom. The van der Waals surface area contributed by atoms with Crippen LogP contribution in [0.2, 0.25) is 0 Å². The highest BCUT2D eigenvalue weighted by Gasteiger charge is 2.32. The molecule has 1 saturated heterocycles. The second-order valence-corrected chi connectivity index (χ2v) is 6.66. The Morgan fingerprint density at radius 3 is 2.88 bits per heavy atom. The standard InChI is InChI=1S/C16H16N6OS/c23-16(22-8-1-2-14(22)15-17-7-9-24-15)13-5-3-12(4-6-13)10-21-11-18-19-20-21/h3-7,9,11,14H,1-2,8,10H2. The fraction of sp³-hybridized carbons (Fsp3) is 0.312. The van der Waals surface area contributed by atoms with Crippen LogP contribution in [-0.2, 0) is 6.54 Å². The number of amides is 1. The number of likely N-dealkylation sites (tertiary alicyclic amines) is 1. The van der Waals surface area contributed by atoms with Crippen LogP contribution in [0.1, 0.15) is 39.8 Å². The summed E-state index contributed by atoms with van der Waals surface area (Å²) in [5.74, 6) is 0.0710. The number of benzene rings is 1. The molecule has 1 aliphatic heterocycles. The van der Waals surface area contributed by atoms with E-state index in [0.717, 1.165) is 30.0 Å². The number of tetrazole rings is 1. The Bertz CT molecular complexity index is 800. The van der Waals surface area contributed by atoms with Gasteiger partial charge in [-0.1, -0.05) is 12.1 Å². The summed E-state index contributed by atoms with van der Waals surface area (Å²) in [6, 6.07) is 7.75. The SMILES string of the molecule is O=C(c1ccc(Cn2cnnn2)cc1)N1CCCC1c1nccs1. The summed E-state index contributed by atoms with van der Waals surface area (Å²) in [6.07, 6.45) is 5.38. The van der Waals surface area contributed by atoms with E-state index >= 15 is 0 Å². The maximum atomic E-state index is 12.8. The zero-order chi connectivity index (χ0) is 16.4. The summed E-state index contributed by atoms with van der Waals surface area (Å²) in [7, 11) is 0. The highest BCUT2D eigenvalue weighted by molar-refractivity contribution is 7.09. The quantitative estimate of drug-likeness (QED) is 0.727. The van der Waals surface area contributed by atoms with E-state index in [4.69, 9.17) is 0 Å².